The molecule has 1 aliphatic rings. The summed E-state index contributed by atoms with van der Waals surface area (Å²) in [7, 11) is 0. The van der Waals surface area contributed by atoms with Crippen LogP contribution in [0.3, 0.4) is 0 Å². The largest absolute Gasteiger partial charge is 0.378 e. The molecule has 1 heterocycles. The van der Waals surface area contributed by atoms with Crippen LogP contribution in [-0.2, 0) is 4.74 Å². The molecular formula is C10H17BrO. The van der Waals surface area contributed by atoms with Crippen LogP contribution < -0.4 is 0 Å². The lowest BCUT2D eigenvalue weighted by molar-refractivity contribution is 0.0928. The number of allylic oxidation sites excluding steroid dienone is 1. The number of ether oxygens (including phenoxy) is 1. The highest BCUT2D eigenvalue weighted by atomic mass is 79.9. The molecule has 1 fully saturated rings. The summed E-state index contributed by atoms with van der Waals surface area (Å²) >= 11 is 3.52. The fourth-order valence-corrected chi connectivity index (χ4v) is 2.19. The van der Waals surface area contributed by atoms with E-state index in [9.17, 15) is 0 Å². The van der Waals surface area contributed by atoms with E-state index in [-0.39, 0.29) is 0 Å². The molecule has 0 bridgehead atoms. The Morgan fingerprint density at radius 3 is 3.00 bits per heavy atom. The fourth-order valence-electron chi connectivity index (χ4n) is 1.66. The standard InChI is InChI=1S/C10H17BrO/c1-2-4-9(8-11)7-10-5-3-6-12-10/h2,9-10H,1,3-8H2. The van der Waals surface area contributed by atoms with Gasteiger partial charge in [0.2, 0.25) is 0 Å². The van der Waals surface area contributed by atoms with Crippen LogP contribution in [0.4, 0.5) is 0 Å². The summed E-state index contributed by atoms with van der Waals surface area (Å²) in [6, 6.07) is 0. The number of hydrogen-bond acceptors (Lipinski definition) is 1. The zero-order valence-electron chi connectivity index (χ0n) is 7.47. The molecule has 2 heteroatoms. The van der Waals surface area contributed by atoms with E-state index in [4.69, 9.17) is 4.74 Å². The van der Waals surface area contributed by atoms with E-state index in [1.807, 2.05) is 6.08 Å². The topological polar surface area (TPSA) is 9.23 Å². The van der Waals surface area contributed by atoms with Crippen molar-refractivity contribution >= 4 is 15.9 Å². The van der Waals surface area contributed by atoms with E-state index >= 15 is 0 Å². The van der Waals surface area contributed by atoms with Gasteiger partial charge in [0.15, 0.2) is 0 Å². The Balaban J connectivity index is 2.20. The first-order valence-corrected chi connectivity index (χ1v) is 5.77. The monoisotopic (exact) mass is 232 g/mol. The van der Waals surface area contributed by atoms with Crippen LogP contribution in [0.2, 0.25) is 0 Å². The van der Waals surface area contributed by atoms with Crippen molar-refractivity contribution in [3.63, 3.8) is 0 Å². The van der Waals surface area contributed by atoms with Crippen LogP contribution in [0.25, 0.3) is 0 Å². The van der Waals surface area contributed by atoms with Crippen molar-refractivity contribution in [1.82, 2.24) is 0 Å². The lowest BCUT2D eigenvalue weighted by atomic mass is 9.99. The Morgan fingerprint density at radius 2 is 2.50 bits per heavy atom. The maximum absolute atomic E-state index is 5.58. The molecule has 0 aromatic carbocycles. The van der Waals surface area contributed by atoms with Crippen molar-refractivity contribution in [3.8, 4) is 0 Å². The van der Waals surface area contributed by atoms with Crippen LogP contribution in [0, 0.1) is 5.92 Å². The molecule has 0 amide bonds. The Hall–Kier alpha value is 0.180. The van der Waals surface area contributed by atoms with Gasteiger partial charge in [-0.15, -0.1) is 6.58 Å². The minimum Gasteiger partial charge on any atom is -0.378 e. The van der Waals surface area contributed by atoms with Gasteiger partial charge in [-0.05, 0) is 31.6 Å². The molecule has 1 saturated heterocycles. The molecule has 0 radical (unpaired) electrons. The van der Waals surface area contributed by atoms with Gasteiger partial charge in [0.05, 0.1) is 6.10 Å². The Morgan fingerprint density at radius 1 is 1.67 bits per heavy atom. The number of rotatable bonds is 5. The molecule has 0 aliphatic carbocycles. The van der Waals surface area contributed by atoms with E-state index in [1.54, 1.807) is 0 Å². The molecule has 1 rings (SSSR count). The summed E-state index contributed by atoms with van der Waals surface area (Å²) in [5, 5.41) is 1.07. The molecule has 1 nitrogen and oxygen atoms in total. The Labute approximate surface area is 83.3 Å². The van der Waals surface area contributed by atoms with E-state index in [0.717, 1.165) is 18.4 Å². The lowest BCUT2D eigenvalue weighted by Crippen LogP contribution is -2.13. The molecule has 1 aliphatic heterocycles. The van der Waals surface area contributed by atoms with Gasteiger partial charge in [-0.1, -0.05) is 22.0 Å². The van der Waals surface area contributed by atoms with Crippen LogP contribution in [0.1, 0.15) is 25.7 Å². The van der Waals surface area contributed by atoms with Gasteiger partial charge in [-0.3, -0.25) is 0 Å². The molecule has 0 aromatic rings. The molecule has 0 aromatic heterocycles. The highest BCUT2D eigenvalue weighted by Gasteiger charge is 2.19. The Kier molecular flexibility index (Phi) is 4.93. The summed E-state index contributed by atoms with van der Waals surface area (Å²) in [6.45, 7) is 4.73. The van der Waals surface area contributed by atoms with Crippen molar-refractivity contribution in [2.24, 2.45) is 5.92 Å². The zero-order valence-corrected chi connectivity index (χ0v) is 9.05. The summed E-state index contributed by atoms with van der Waals surface area (Å²) in [5.74, 6) is 0.714. The van der Waals surface area contributed by atoms with Crippen molar-refractivity contribution in [3.05, 3.63) is 12.7 Å². The maximum atomic E-state index is 5.58. The SMILES string of the molecule is C=CCC(CBr)CC1CCCO1. The smallest absolute Gasteiger partial charge is 0.0579 e. The lowest BCUT2D eigenvalue weighted by Gasteiger charge is -2.16. The molecule has 2 unspecified atom stereocenters. The molecular weight excluding hydrogens is 216 g/mol. The van der Waals surface area contributed by atoms with Crippen LogP contribution in [0.15, 0.2) is 12.7 Å². The van der Waals surface area contributed by atoms with Gasteiger partial charge in [0.25, 0.3) is 0 Å². The third-order valence-electron chi connectivity index (χ3n) is 2.34. The van der Waals surface area contributed by atoms with Gasteiger partial charge in [0, 0.05) is 11.9 Å². The summed E-state index contributed by atoms with van der Waals surface area (Å²) in [6.07, 6.45) is 7.31. The van der Waals surface area contributed by atoms with Crippen LogP contribution in [0.5, 0.6) is 0 Å². The molecule has 0 N–H and O–H groups in total. The maximum Gasteiger partial charge on any atom is 0.0579 e. The number of alkyl halides is 1. The first-order valence-electron chi connectivity index (χ1n) is 4.65. The molecule has 0 saturated carbocycles. The highest BCUT2D eigenvalue weighted by Crippen LogP contribution is 2.23. The van der Waals surface area contributed by atoms with Crippen LogP contribution >= 0.6 is 15.9 Å². The third-order valence-corrected chi connectivity index (χ3v) is 3.25. The third kappa shape index (κ3) is 3.28. The van der Waals surface area contributed by atoms with Gasteiger partial charge < -0.3 is 4.74 Å². The van der Waals surface area contributed by atoms with Gasteiger partial charge >= 0.3 is 0 Å². The molecule has 70 valence electrons. The van der Waals surface area contributed by atoms with E-state index in [2.05, 4.69) is 22.5 Å². The Bertz CT molecular complexity index is 130. The molecule has 0 spiro atoms. The van der Waals surface area contributed by atoms with Gasteiger partial charge in [-0.2, -0.15) is 0 Å². The normalized spacial score (nSPS) is 25.6. The van der Waals surface area contributed by atoms with E-state index < -0.39 is 0 Å². The fraction of sp³-hybridized carbons (Fsp3) is 0.800. The number of hydrogen-bond donors (Lipinski definition) is 0. The molecule has 12 heavy (non-hydrogen) atoms. The van der Waals surface area contributed by atoms with E-state index in [0.29, 0.717) is 12.0 Å². The van der Waals surface area contributed by atoms with Crippen molar-refractivity contribution in [1.29, 1.82) is 0 Å². The van der Waals surface area contributed by atoms with Crippen molar-refractivity contribution < 1.29 is 4.74 Å². The van der Waals surface area contributed by atoms with Crippen molar-refractivity contribution in [2.45, 2.75) is 31.8 Å². The quantitative estimate of drug-likeness (QED) is 0.523. The van der Waals surface area contributed by atoms with Crippen molar-refractivity contribution in [2.75, 3.05) is 11.9 Å². The highest BCUT2D eigenvalue weighted by molar-refractivity contribution is 9.09. The predicted molar refractivity (Wildman–Crippen MR) is 55.7 cm³/mol. The predicted octanol–water partition coefficient (Wildman–Crippen LogP) is 3.14. The average molecular weight is 233 g/mol. The number of halogens is 1. The second-order valence-corrected chi connectivity index (χ2v) is 4.06. The summed E-state index contributed by atoms with van der Waals surface area (Å²) < 4.78 is 5.58. The van der Waals surface area contributed by atoms with Crippen LogP contribution in [-0.4, -0.2) is 18.0 Å². The van der Waals surface area contributed by atoms with E-state index in [1.165, 1.54) is 19.3 Å². The molecule has 2 atom stereocenters. The second-order valence-electron chi connectivity index (χ2n) is 3.42. The van der Waals surface area contributed by atoms with Gasteiger partial charge in [0.1, 0.15) is 0 Å². The average Bonchev–Trinajstić information content (AvgIpc) is 2.56. The first kappa shape index (κ1) is 10.3. The first-order chi connectivity index (χ1) is 5.86. The second kappa shape index (κ2) is 5.76. The minimum atomic E-state index is 0.521. The van der Waals surface area contributed by atoms with Gasteiger partial charge in [-0.25, -0.2) is 0 Å². The zero-order chi connectivity index (χ0) is 8.81. The summed E-state index contributed by atoms with van der Waals surface area (Å²) in [5.41, 5.74) is 0. The summed E-state index contributed by atoms with van der Waals surface area (Å²) in [4.78, 5) is 0. The minimum absolute atomic E-state index is 0.521.